The maximum Gasteiger partial charge on any atom is 0.181 e. The van der Waals surface area contributed by atoms with E-state index in [1.54, 1.807) is 0 Å². The van der Waals surface area contributed by atoms with Crippen LogP contribution in [0.3, 0.4) is 0 Å². The van der Waals surface area contributed by atoms with Crippen LogP contribution in [-0.4, -0.2) is 84.3 Å². The predicted octanol–water partition coefficient (Wildman–Crippen LogP) is -0.617. The number of aliphatic hydroxyl groups is 4. The molecule has 0 bridgehead atoms. The van der Waals surface area contributed by atoms with Gasteiger partial charge in [-0.25, -0.2) is 0 Å². The fraction of sp³-hybridized carbons (Fsp3) is 0.381. The number of aromatic hydroxyl groups is 4. The molecule has 8 N–H and O–H groups in total. The summed E-state index contributed by atoms with van der Waals surface area (Å²) in [4.78, 5) is 13.2. The molecule has 11 heteroatoms. The molecular formula is C21H22O11. The van der Waals surface area contributed by atoms with E-state index in [1.165, 1.54) is 12.1 Å². The summed E-state index contributed by atoms with van der Waals surface area (Å²) in [5, 5.41) is 80.7. The van der Waals surface area contributed by atoms with Gasteiger partial charge in [0.05, 0.1) is 18.1 Å². The Morgan fingerprint density at radius 3 is 2.31 bits per heavy atom. The Morgan fingerprint density at radius 1 is 0.938 bits per heavy atom. The van der Waals surface area contributed by atoms with E-state index >= 15 is 0 Å². The highest BCUT2D eigenvalue weighted by molar-refractivity contribution is 6.07. The molecule has 0 aliphatic carbocycles. The molecule has 0 radical (unpaired) electrons. The number of carbonyl (C=O) groups is 1. The minimum absolute atomic E-state index is 0.139. The summed E-state index contributed by atoms with van der Waals surface area (Å²) >= 11 is 0. The van der Waals surface area contributed by atoms with Crippen molar-refractivity contribution in [2.75, 3.05) is 13.2 Å². The van der Waals surface area contributed by atoms with Crippen LogP contribution in [0.2, 0.25) is 0 Å². The van der Waals surface area contributed by atoms with E-state index in [9.17, 15) is 45.6 Å². The van der Waals surface area contributed by atoms with Crippen molar-refractivity contribution in [1.29, 1.82) is 0 Å². The predicted molar refractivity (Wildman–Crippen MR) is 105 cm³/mol. The molecule has 11 nitrogen and oxygen atoms in total. The number of fused-ring (bicyclic) bond motifs is 1. The van der Waals surface area contributed by atoms with Crippen molar-refractivity contribution in [3.8, 4) is 28.7 Å². The third-order valence-electron chi connectivity index (χ3n) is 5.82. The van der Waals surface area contributed by atoms with Crippen molar-refractivity contribution < 1.29 is 55.1 Å². The lowest BCUT2D eigenvalue weighted by Crippen LogP contribution is -2.55. The molecule has 2 aromatic rings. The van der Waals surface area contributed by atoms with Crippen LogP contribution in [0.1, 0.15) is 33.5 Å². The Bertz CT molecular complexity index is 1050. The Kier molecular flexibility index (Phi) is 5.61. The van der Waals surface area contributed by atoms with Gasteiger partial charge in [0.1, 0.15) is 71.4 Å². The molecule has 0 amide bonds. The third kappa shape index (κ3) is 3.40. The van der Waals surface area contributed by atoms with Crippen molar-refractivity contribution in [2.24, 2.45) is 0 Å². The number of rotatable bonds is 3. The first-order valence-corrected chi connectivity index (χ1v) is 9.73. The zero-order valence-electron chi connectivity index (χ0n) is 16.5. The van der Waals surface area contributed by atoms with Gasteiger partial charge in [-0.05, 0) is 6.07 Å². The monoisotopic (exact) mass is 450 g/mol. The first-order valence-electron chi connectivity index (χ1n) is 9.73. The van der Waals surface area contributed by atoms with Crippen molar-refractivity contribution >= 4 is 5.78 Å². The molecule has 6 unspecified atom stereocenters. The van der Waals surface area contributed by atoms with E-state index in [0.29, 0.717) is 0 Å². The van der Waals surface area contributed by atoms with Crippen LogP contribution in [0.15, 0.2) is 24.3 Å². The smallest absolute Gasteiger partial charge is 0.181 e. The molecular weight excluding hydrogens is 428 g/mol. The standard InChI is InChI=1S/C21H22O11/c22-5-13-17(27)19(29)20(30)21(32-13)14-11(25)4-12-15(18(14)28)16(26)9(6-31-12)8-2-1-7(23)3-10(8)24/h1-4,9,13,17,19-25,27-30H,5-6H2. The van der Waals surface area contributed by atoms with Gasteiger partial charge < -0.3 is 50.3 Å². The zero-order valence-corrected chi connectivity index (χ0v) is 16.5. The van der Waals surface area contributed by atoms with E-state index in [2.05, 4.69) is 0 Å². The molecule has 32 heavy (non-hydrogen) atoms. The summed E-state index contributed by atoms with van der Waals surface area (Å²) in [7, 11) is 0. The summed E-state index contributed by atoms with van der Waals surface area (Å²) in [5.74, 6) is -3.83. The number of Topliss-reactive ketones (excluding diaryl/α,β-unsaturated/α-hetero) is 1. The SMILES string of the molecule is O=C1c2c(cc(O)c(C3OC(CO)C(O)C(O)C3O)c2O)OCC1c1ccc(O)cc1O. The second-order valence-electron chi connectivity index (χ2n) is 7.75. The van der Waals surface area contributed by atoms with Gasteiger partial charge >= 0.3 is 0 Å². The fourth-order valence-corrected chi connectivity index (χ4v) is 4.10. The van der Waals surface area contributed by atoms with Crippen LogP contribution >= 0.6 is 0 Å². The number of phenolic OH excluding ortho intramolecular Hbond substituents is 4. The highest BCUT2D eigenvalue weighted by Gasteiger charge is 2.47. The number of carbonyl (C=O) groups excluding carboxylic acids is 1. The van der Waals surface area contributed by atoms with Crippen molar-refractivity contribution in [1.82, 2.24) is 0 Å². The fourth-order valence-electron chi connectivity index (χ4n) is 4.10. The Labute approximate surface area is 181 Å². The molecule has 2 aromatic carbocycles. The lowest BCUT2D eigenvalue weighted by Gasteiger charge is -2.40. The average Bonchev–Trinajstić information content (AvgIpc) is 2.74. The second-order valence-corrected chi connectivity index (χ2v) is 7.75. The van der Waals surface area contributed by atoms with Gasteiger partial charge in [-0.15, -0.1) is 0 Å². The maximum atomic E-state index is 13.2. The third-order valence-corrected chi connectivity index (χ3v) is 5.82. The van der Waals surface area contributed by atoms with Gasteiger partial charge in [-0.2, -0.15) is 0 Å². The lowest BCUT2D eigenvalue weighted by atomic mass is 9.84. The zero-order chi connectivity index (χ0) is 23.3. The van der Waals surface area contributed by atoms with Crippen LogP contribution < -0.4 is 4.74 Å². The van der Waals surface area contributed by atoms with Crippen LogP contribution in [-0.2, 0) is 4.74 Å². The Balaban J connectivity index is 1.78. The molecule has 2 aliphatic rings. The number of ketones is 1. The second kappa shape index (κ2) is 8.11. The molecule has 0 spiro atoms. The Morgan fingerprint density at radius 2 is 1.66 bits per heavy atom. The van der Waals surface area contributed by atoms with E-state index in [1.807, 2.05) is 0 Å². The molecule has 0 aromatic heterocycles. The Hall–Kier alpha value is -3.09. The van der Waals surface area contributed by atoms with E-state index in [-0.39, 0.29) is 35.0 Å². The molecule has 4 rings (SSSR count). The molecule has 2 heterocycles. The molecule has 0 saturated carbocycles. The number of phenols is 4. The van der Waals surface area contributed by atoms with E-state index < -0.39 is 65.9 Å². The number of hydrogen-bond acceptors (Lipinski definition) is 11. The highest BCUT2D eigenvalue weighted by Crippen LogP contribution is 2.49. The number of ether oxygens (including phenoxy) is 2. The minimum Gasteiger partial charge on any atom is -0.508 e. The largest absolute Gasteiger partial charge is 0.508 e. The molecule has 6 atom stereocenters. The average molecular weight is 450 g/mol. The summed E-state index contributed by atoms with van der Waals surface area (Å²) in [6.45, 7) is -0.944. The van der Waals surface area contributed by atoms with Crippen molar-refractivity contribution in [3.05, 3.63) is 41.0 Å². The first kappa shape index (κ1) is 22.1. The quantitative estimate of drug-likeness (QED) is 0.297. The summed E-state index contributed by atoms with van der Waals surface area (Å²) in [6.07, 6.45) is -8.12. The summed E-state index contributed by atoms with van der Waals surface area (Å²) in [5.41, 5.74) is -0.646. The lowest BCUT2D eigenvalue weighted by molar-refractivity contribution is -0.232. The number of aliphatic hydroxyl groups excluding tert-OH is 4. The normalized spacial score (nSPS) is 29.9. The van der Waals surface area contributed by atoms with Crippen molar-refractivity contribution in [3.63, 3.8) is 0 Å². The maximum absolute atomic E-state index is 13.2. The number of benzene rings is 2. The molecule has 1 saturated heterocycles. The van der Waals surface area contributed by atoms with Gasteiger partial charge in [0, 0.05) is 17.7 Å². The van der Waals surface area contributed by atoms with Gasteiger partial charge in [-0.1, -0.05) is 6.07 Å². The van der Waals surface area contributed by atoms with E-state index in [0.717, 1.165) is 12.1 Å². The van der Waals surface area contributed by atoms with Crippen LogP contribution in [0.4, 0.5) is 0 Å². The highest BCUT2D eigenvalue weighted by atomic mass is 16.5. The van der Waals surface area contributed by atoms with Crippen LogP contribution in [0.5, 0.6) is 28.7 Å². The molecule has 1 fully saturated rings. The van der Waals surface area contributed by atoms with E-state index in [4.69, 9.17) is 9.47 Å². The minimum atomic E-state index is -1.81. The van der Waals surface area contributed by atoms with Gasteiger partial charge in [-0.3, -0.25) is 4.79 Å². The first-order chi connectivity index (χ1) is 15.1. The van der Waals surface area contributed by atoms with Gasteiger partial charge in [0.15, 0.2) is 5.78 Å². The topological polar surface area (TPSA) is 197 Å². The van der Waals surface area contributed by atoms with Gasteiger partial charge in [0.25, 0.3) is 0 Å². The molecule has 2 aliphatic heterocycles. The van der Waals surface area contributed by atoms with Crippen LogP contribution in [0.25, 0.3) is 0 Å². The molecule has 172 valence electrons. The van der Waals surface area contributed by atoms with Crippen molar-refractivity contribution in [2.45, 2.75) is 36.4 Å². The number of hydrogen-bond donors (Lipinski definition) is 8. The van der Waals surface area contributed by atoms with Gasteiger partial charge in [0.2, 0.25) is 0 Å². The van der Waals surface area contributed by atoms with Crippen LogP contribution in [0, 0.1) is 0 Å². The summed E-state index contributed by atoms with van der Waals surface area (Å²) in [6, 6.07) is 4.69. The summed E-state index contributed by atoms with van der Waals surface area (Å²) < 4.78 is 10.9.